The highest BCUT2D eigenvalue weighted by Crippen LogP contribution is 2.20. The SMILES string of the molecule is CCc1c(C)c(C#N)c(=O)n(-c2ccc(OC)cc2)c1C. The minimum Gasteiger partial charge on any atom is -0.497 e. The number of nitriles is 1. The fraction of sp³-hybridized carbons (Fsp3) is 0.294. The number of pyridine rings is 1. The maximum atomic E-state index is 12.6. The van der Waals surface area contributed by atoms with Crippen LogP contribution < -0.4 is 10.3 Å². The number of rotatable bonds is 3. The second kappa shape index (κ2) is 5.84. The molecule has 108 valence electrons. The summed E-state index contributed by atoms with van der Waals surface area (Å²) >= 11 is 0. The molecule has 1 aromatic heterocycles. The Labute approximate surface area is 124 Å². The van der Waals surface area contributed by atoms with Crippen LogP contribution in [0.15, 0.2) is 29.1 Å². The zero-order valence-electron chi connectivity index (χ0n) is 12.7. The van der Waals surface area contributed by atoms with Crippen LogP contribution in [-0.2, 0) is 6.42 Å². The van der Waals surface area contributed by atoms with Crippen LogP contribution in [0.3, 0.4) is 0 Å². The van der Waals surface area contributed by atoms with Gasteiger partial charge in [0, 0.05) is 11.4 Å². The monoisotopic (exact) mass is 282 g/mol. The van der Waals surface area contributed by atoms with E-state index in [1.54, 1.807) is 23.8 Å². The summed E-state index contributed by atoms with van der Waals surface area (Å²) in [4.78, 5) is 12.6. The molecule has 1 aromatic carbocycles. The average Bonchev–Trinajstić information content (AvgIpc) is 2.49. The molecule has 21 heavy (non-hydrogen) atoms. The van der Waals surface area contributed by atoms with E-state index in [9.17, 15) is 10.1 Å². The highest BCUT2D eigenvalue weighted by atomic mass is 16.5. The molecule has 0 saturated carbocycles. The first-order valence-electron chi connectivity index (χ1n) is 6.84. The summed E-state index contributed by atoms with van der Waals surface area (Å²) in [6.07, 6.45) is 0.781. The molecule has 4 heteroatoms. The van der Waals surface area contributed by atoms with Gasteiger partial charge in [-0.3, -0.25) is 9.36 Å². The van der Waals surface area contributed by atoms with Crippen molar-refractivity contribution in [2.75, 3.05) is 7.11 Å². The Morgan fingerprint density at radius 2 is 1.86 bits per heavy atom. The van der Waals surface area contributed by atoms with E-state index >= 15 is 0 Å². The van der Waals surface area contributed by atoms with Gasteiger partial charge in [0.05, 0.1) is 7.11 Å². The Bertz CT molecular complexity index is 765. The van der Waals surface area contributed by atoms with Crippen molar-refractivity contribution in [3.05, 3.63) is 57.0 Å². The van der Waals surface area contributed by atoms with Crippen molar-refractivity contribution in [1.82, 2.24) is 4.57 Å². The minimum atomic E-state index is -0.269. The number of hydrogen-bond donors (Lipinski definition) is 0. The largest absolute Gasteiger partial charge is 0.497 e. The maximum absolute atomic E-state index is 12.6. The highest BCUT2D eigenvalue weighted by molar-refractivity contribution is 5.48. The molecule has 2 rings (SSSR count). The van der Waals surface area contributed by atoms with Crippen molar-refractivity contribution in [2.24, 2.45) is 0 Å². The first-order valence-corrected chi connectivity index (χ1v) is 6.84. The van der Waals surface area contributed by atoms with Crippen molar-refractivity contribution in [3.63, 3.8) is 0 Å². The summed E-state index contributed by atoms with van der Waals surface area (Å²) in [6, 6.07) is 9.29. The van der Waals surface area contributed by atoms with Crippen LogP contribution in [0.2, 0.25) is 0 Å². The van der Waals surface area contributed by atoms with Crippen LogP contribution in [0.4, 0.5) is 0 Å². The Kier molecular flexibility index (Phi) is 4.13. The van der Waals surface area contributed by atoms with E-state index in [-0.39, 0.29) is 11.1 Å². The number of aromatic nitrogens is 1. The Hall–Kier alpha value is -2.54. The predicted molar refractivity (Wildman–Crippen MR) is 82.2 cm³/mol. The second-order valence-corrected chi connectivity index (χ2v) is 4.87. The molecule has 0 aliphatic rings. The third-order valence-corrected chi connectivity index (χ3v) is 3.81. The Morgan fingerprint density at radius 1 is 1.24 bits per heavy atom. The van der Waals surface area contributed by atoms with Crippen molar-refractivity contribution < 1.29 is 4.74 Å². The topological polar surface area (TPSA) is 55.0 Å². The summed E-state index contributed by atoms with van der Waals surface area (Å²) in [5.74, 6) is 0.729. The quantitative estimate of drug-likeness (QED) is 0.869. The van der Waals surface area contributed by atoms with Crippen LogP contribution in [-0.4, -0.2) is 11.7 Å². The molecular formula is C17H18N2O2. The fourth-order valence-corrected chi connectivity index (χ4v) is 2.68. The third-order valence-electron chi connectivity index (χ3n) is 3.81. The van der Waals surface area contributed by atoms with Gasteiger partial charge >= 0.3 is 0 Å². The van der Waals surface area contributed by atoms with E-state index in [4.69, 9.17) is 4.74 Å². The van der Waals surface area contributed by atoms with E-state index in [2.05, 4.69) is 0 Å². The molecule has 2 aromatic rings. The van der Waals surface area contributed by atoms with E-state index in [1.807, 2.05) is 39.0 Å². The first kappa shape index (κ1) is 14.9. The minimum absolute atomic E-state index is 0.216. The summed E-state index contributed by atoms with van der Waals surface area (Å²) in [5, 5.41) is 9.28. The molecule has 0 aliphatic carbocycles. The van der Waals surface area contributed by atoms with Gasteiger partial charge in [-0.1, -0.05) is 6.92 Å². The molecule has 0 saturated heterocycles. The first-order chi connectivity index (χ1) is 10.0. The number of hydrogen-bond acceptors (Lipinski definition) is 3. The summed E-state index contributed by atoms with van der Waals surface area (Å²) in [6.45, 7) is 5.78. The van der Waals surface area contributed by atoms with E-state index in [0.717, 1.165) is 34.7 Å². The molecule has 4 nitrogen and oxygen atoms in total. The summed E-state index contributed by atoms with van der Waals surface area (Å²) in [7, 11) is 1.60. The lowest BCUT2D eigenvalue weighted by Gasteiger charge is -2.17. The van der Waals surface area contributed by atoms with Gasteiger partial charge in [0.2, 0.25) is 0 Å². The maximum Gasteiger partial charge on any atom is 0.273 e. The van der Waals surface area contributed by atoms with Crippen LogP contribution in [0.5, 0.6) is 5.75 Å². The fourth-order valence-electron chi connectivity index (χ4n) is 2.68. The molecule has 0 unspecified atom stereocenters. The van der Waals surface area contributed by atoms with Gasteiger partial charge in [0.1, 0.15) is 17.4 Å². The molecule has 0 amide bonds. The summed E-state index contributed by atoms with van der Waals surface area (Å²) < 4.78 is 6.74. The number of methoxy groups -OCH3 is 1. The van der Waals surface area contributed by atoms with Crippen molar-refractivity contribution in [2.45, 2.75) is 27.2 Å². The van der Waals surface area contributed by atoms with Gasteiger partial charge in [-0.05, 0) is 55.7 Å². The van der Waals surface area contributed by atoms with Crippen LogP contribution in [0.25, 0.3) is 5.69 Å². The molecule has 0 radical (unpaired) electrons. The van der Waals surface area contributed by atoms with Gasteiger partial charge < -0.3 is 4.74 Å². The molecule has 0 aliphatic heterocycles. The molecule has 0 fully saturated rings. The number of benzene rings is 1. The molecular weight excluding hydrogens is 264 g/mol. The molecule has 0 spiro atoms. The molecule has 0 atom stereocenters. The Morgan fingerprint density at radius 3 is 2.33 bits per heavy atom. The Balaban J connectivity index is 2.79. The standard InChI is InChI=1S/C17H18N2O2/c1-5-15-11(2)16(10-18)17(20)19(12(15)3)13-6-8-14(21-4)9-7-13/h6-9H,5H2,1-4H3. The zero-order valence-corrected chi connectivity index (χ0v) is 12.7. The lowest BCUT2D eigenvalue weighted by atomic mass is 10.0. The zero-order chi connectivity index (χ0) is 15.6. The van der Waals surface area contributed by atoms with Crippen LogP contribution >= 0.6 is 0 Å². The van der Waals surface area contributed by atoms with E-state index in [0.29, 0.717) is 0 Å². The van der Waals surface area contributed by atoms with Gasteiger partial charge in [0.25, 0.3) is 5.56 Å². The molecule has 0 bridgehead atoms. The van der Waals surface area contributed by atoms with Crippen molar-refractivity contribution in [3.8, 4) is 17.5 Å². The van der Waals surface area contributed by atoms with Gasteiger partial charge in [-0.25, -0.2) is 0 Å². The molecule has 0 N–H and O–H groups in total. The normalized spacial score (nSPS) is 10.2. The van der Waals surface area contributed by atoms with E-state index < -0.39 is 0 Å². The van der Waals surface area contributed by atoms with Gasteiger partial charge in [-0.2, -0.15) is 5.26 Å². The van der Waals surface area contributed by atoms with Gasteiger partial charge in [-0.15, -0.1) is 0 Å². The third kappa shape index (κ3) is 2.43. The number of ether oxygens (including phenoxy) is 1. The van der Waals surface area contributed by atoms with Crippen molar-refractivity contribution >= 4 is 0 Å². The highest BCUT2D eigenvalue weighted by Gasteiger charge is 2.16. The lowest BCUT2D eigenvalue weighted by molar-refractivity contribution is 0.414. The average molecular weight is 282 g/mol. The molecule has 1 heterocycles. The second-order valence-electron chi connectivity index (χ2n) is 4.87. The lowest BCUT2D eigenvalue weighted by Crippen LogP contribution is -2.26. The van der Waals surface area contributed by atoms with E-state index in [1.165, 1.54) is 0 Å². The summed E-state index contributed by atoms with van der Waals surface area (Å²) in [5.41, 5.74) is 3.39. The smallest absolute Gasteiger partial charge is 0.273 e. The predicted octanol–water partition coefficient (Wildman–Crippen LogP) is 2.90. The van der Waals surface area contributed by atoms with Crippen LogP contribution in [0.1, 0.15) is 29.3 Å². The van der Waals surface area contributed by atoms with Gasteiger partial charge in [0.15, 0.2) is 0 Å². The van der Waals surface area contributed by atoms with Crippen molar-refractivity contribution in [1.29, 1.82) is 5.26 Å². The number of nitrogens with zero attached hydrogens (tertiary/aromatic N) is 2. The van der Waals surface area contributed by atoms with Crippen LogP contribution in [0, 0.1) is 25.2 Å².